The van der Waals surface area contributed by atoms with Crippen molar-refractivity contribution in [2.45, 2.75) is 32.1 Å². The molecule has 0 N–H and O–H groups in total. The second-order valence-electron chi connectivity index (χ2n) is 7.46. The number of rotatable bonds is 6. The smallest absolute Gasteiger partial charge is 0.243 e. The van der Waals surface area contributed by atoms with E-state index in [0.29, 0.717) is 18.0 Å². The zero-order valence-electron chi connectivity index (χ0n) is 17.2. The third-order valence-corrected chi connectivity index (χ3v) is 7.88. The van der Waals surface area contributed by atoms with Crippen LogP contribution in [0.25, 0.3) is 0 Å². The van der Waals surface area contributed by atoms with Gasteiger partial charge in [-0.05, 0) is 55.5 Å². The lowest BCUT2D eigenvalue weighted by Gasteiger charge is -2.34. The Morgan fingerprint density at radius 1 is 0.964 bits per heavy atom. The summed E-state index contributed by atoms with van der Waals surface area (Å²) in [4.78, 5) is 2.78. The first-order valence-electron chi connectivity index (χ1n) is 9.76. The highest BCUT2D eigenvalue weighted by atomic mass is 32.2. The van der Waals surface area contributed by atoms with Crippen LogP contribution in [0.1, 0.15) is 22.3 Å². The van der Waals surface area contributed by atoms with E-state index < -0.39 is 10.0 Å². The zero-order valence-corrected chi connectivity index (χ0v) is 18.1. The monoisotopic (exact) mass is 402 g/mol. The molecule has 2 aromatic carbocycles. The molecule has 0 atom stereocenters. The zero-order chi connectivity index (χ0) is 20.3. The molecule has 6 heteroatoms. The van der Waals surface area contributed by atoms with Crippen LogP contribution < -0.4 is 4.74 Å². The van der Waals surface area contributed by atoms with Gasteiger partial charge in [0, 0.05) is 32.7 Å². The van der Waals surface area contributed by atoms with Gasteiger partial charge in [0.05, 0.1) is 12.0 Å². The van der Waals surface area contributed by atoms with Gasteiger partial charge in [-0.3, -0.25) is 0 Å². The van der Waals surface area contributed by atoms with Crippen LogP contribution in [0.5, 0.6) is 5.75 Å². The lowest BCUT2D eigenvalue weighted by Crippen LogP contribution is -2.49. The van der Waals surface area contributed by atoms with Crippen molar-refractivity contribution in [1.82, 2.24) is 9.21 Å². The van der Waals surface area contributed by atoms with E-state index in [-0.39, 0.29) is 0 Å². The Labute approximate surface area is 169 Å². The summed E-state index contributed by atoms with van der Waals surface area (Å²) in [6.45, 7) is 9.16. The normalized spacial score (nSPS) is 16.3. The average molecular weight is 403 g/mol. The van der Waals surface area contributed by atoms with Crippen LogP contribution in [-0.4, -0.2) is 57.5 Å². The molecule has 1 saturated heterocycles. The number of piperazine rings is 1. The second kappa shape index (κ2) is 8.64. The summed E-state index contributed by atoms with van der Waals surface area (Å²) in [5, 5.41) is 0. The van der Waals surface area contributed by atoms with Crippen LogP contribution in [-0.2, 0) is 16.4 Å². The van der Waals surface area contributed by atoms with Gasteiger partial charge in [-0.25, -0.2) is 8.42 Å². The highest BCUT2D eigenvalue weighted by Crippen LogP contribution is 2.32. The second-order valence-corrected chi connectivity index (χ2v) is 9.33. The van der Waals surface area contributed by atoms with Gasteiger partial charge < -0.3 is 9.64 Å². The van der Waals surface area contributed by atoms with Crippen LogP contribution in [0.2, 0.25) is 0 Å². The molecule has 0 spiro atoms. The molecule has 0 radical (unpaired) electrons. The molecule has 1 heterocycles. The molecule has 1 aliphatic heterocycles. The van der Waals surface area contributed by atoms with Crippen molar-refractivity contribution in [3.63, 3.8) is 0 Å². The molecule has 0 aromatic heterocycles. The fourth-order valence-electron chi connectivity index (χ4n) is 3.88. The molecule has 0 unspecified atom stereocenters. The Morgan fingerprint density at radius 2 is 1.61 bits per heavy atom. The number of hydrogen-bond donors (Lipinski definition) is 0. The largest absolute Gasteiger partial charge is 0.496 e. The molecule has 1 aliphatic rings. The van der Waals surface area contributed by atoms with Crippen molar-refractivity contribution in [3.05, 3.63) is 58.7 Å². The summed E-state index contributed by atoms with van der Waals surface area (Å²) in [5.74, 6) is 0.736. The molecule has 3 rings (SSSR count). The highest BCUT2D eigenvalue weighted by molar-refractivity contribution is 7.89. The number of aryl methyl sites for hydroxylation is 1. The quantitative estimate of drug-likeness (QED) is 0.745. The predicted molar refractivity (Wildman–Crippen MR) is 113 cm³/mol. The maximum atomic E-state index is 13.3. The van der Waals surface area contributed by atoms with E-state index in [2.05, 4.69) is 29.2 Å². The fourth-order valence-corrected chi connectivity index (χ4v) is 5.79. The minimum atomic E-state index is -3.51. The minimum Gasteiger partial charge on any atom is -0.496 e. The maximum absolute atomic E-state index is 13.3. The lowest BCUT2D eigenvalue weighted by molar-refractivity contribution is 0.190. The number of methoxy groups -OCH3 is 1. The van der Waals surface area contributed by atoms with Gasteiger partial charge in [0.15, 0.2) is 0 Å². The van der Waals surface area contributed by atoms with E-state index in [0.717, 1.165) is 48.5 Å². The highest BCUT2D eigenvalue weighted by Gasteiger charge is 2.31. The number of sulfonamides is 1. The average Bonchev–Trinajstić information content (AvgIpc) is 2.70. The van der Waals surface area contributed by atoms with E-state index in [4.69, 9.17) is 4.74 Å². The summed E-state index contributed by atoms with van der Waals surface area (Å²) in [6.07, 6.45) is 0.990. The topological polar surface area (TPSA) is 49.9 Å². The number of ether oxygens (including phenoxy) is 1. The van der Waals surface area contributed by atoms with Crippen LogP contribution in [0.15, 0.2) is 41.3 Å². The summed E-state index contributed by atoms with van der Waals surface area (Å²) in [7, 11) is -1.90. The lowest BCUT2D eigenvalue weighted by atomic mass is 10.1. The van der Waals surface area contributed by atoms with E-state index in [9.17, 15) is 8.42 Å². The minimum absolute atomic E-state index is 0.434. The van der Waals surface area contributed by atoms with Gasteiger partial charge in [-0.15, -0.1) is 0 Å². The van der Waals surface area contributed by atoms with Crippen molar-refractivity contribution >= 4 is 10.0 Å². The Balaban J connectivity index is 1.69. The molecular weight excluding hydrogens is 372 g/mol. The van der Waals surface area contributed by atoms with Gasteiger partial charge in [-0.2, -0.15) is 4.31 Å². The van der Waals surface area contributed by atoms with Crippen LogP contribution >= 0.6 is 0 Å². The standard InChI is InChI=1S/C22H30N2O3S/c1-17-16-21(27-4)18(2)19(3)22(17)28(25,26)24-14-12-23(13-15-24)11-10-20-8-6-5-7-9-20/h5-9,16H,10-15H2,1-4H3. The first-order chi connectivity index (χ1) is 13.3. The first kappa shape index (κ1) is 20.8. The van der Waals surface area contributed by atoms with Crippen LogP contribution in [0, 0.1) is 20.8 Å². The van der Waals surface area contributed by atoms with Gasteiger partial charge in [-0.1, -0.05) is 30.3 Å². The maximum Gasteiger partial charge on any atom is 0.243 e. The van der Waals surface area contributed by atoms with Crippen molar-refractivity contribution in [3.8, 4) is 5.75 Å². The molecule has 1 fully saturated rings. The Hall–Kier alpha value is -1.89. The number of nitrogens with zero attached hydrogens (tertiary/aromatic N) is 2. The van der Waals surface area contributed by atoms with Crippen molar-refractivity contribution in [1.29, 1.82) is 0 Å². The molecule has 0 bridgehead atoms. The molecule has 152 valence electrons. The van der Waals surface area contributed by atoms with E-state index >= 15 is 0 Å². The summed E-state index contributed by atoms with van der Waals surface area (Å²) < 4.78 is 33.7. The Kier molecular flexibility index (Phi) is 6.43. The molecule has 0 aliphatic carbocycles. The Bertz CT molecular complexity index is 919. The van der Waals surface area contributed by atoms with Gasteiger partial charge in [0.2, 0.25) is 10.0 Å². The third-order valence-electron chi connectivity index (χ3n) is 5.69. The summed E-state index contributed by atoms with van der Waals surface area (Å²) >= 11 is 0. The molecule has 0 amide bonds. The molecule has 28 heavy (non-hydrogen) atoms. The molecule has 2 aromatic rings. The van der Waals surface area contributed by atoms with E-state index in [1.807, 2.05) is 32.9 Å². The summed E-state index contributed by atoms with van der Waals surface area (Å²) in [6, 6.07) is 12.2. The number of hydrogen-bond acceptors (Lipinski definition) is 4. The predicted octanol–water partition coefficient (Wildman–Crippen LogP) is 3.17. The fraction of sp³-hybridized carbons (Fsp3) is 0.455. The Morgan fingerprint density at radius 3 is 2.21 bits per heavy atom. The van der Waals surface area contributed by atoms with Crippen molar-refractivity contribution < 1.29 is 13.2 Å². The molecule has 0 saturated carbocycles. The number of benzene rings is 2. The SMILES string of the molecule is COc1cc(C)c(S(=O)(=O)N2CCN(CCc3ccccc3)CC2)c(C)c1C. The third kappa shape index (κ3) is 4.24. The van der Waals surface area contributed by atoms with Crippen molar-refractivity contribution in [2.24, 2.45) is 0 Å². The van der Waals surface area contributed by atoms with E-state index in [1.54, 1.807) is 11.4 Å². The molecular formula is C22H30N2O3S. The summed E-state index contributed by atoms with van der Waals surface area (Å²) in [5.41, 5.74) is 3.72. The van der Waals surface area contributed by atoms with Gasteiger partial charge >= 0.3 is 0 Å². The van der Waals surface area contributed by atoms with Crippen LogP contribution in [0.4, 0.5) is 0 Å². The van der Waals surface area contributed by atoms with Crippen LogP contribution in [0.3, 0.4) is 0 Å². The van der Waals surface area contributed by atoms with Gasteiger partial charge in [0.1, 0.15) is 5.75 Å². The van der Waals surface area contributed by atoms with Gasteiger partial charge in [0.25, 0.3) is 0 Å². The van der Waals surface area contributed by atoms with E-state index in [1.165, 1.54) is 5.56 Å². The first-order valence-corrected chi connectivity index (χ1v) is 11.2. The molecule has 5 nitrogen and oxygen atoms in total. The van der Waals surface area contributed by atoms with Crippen molar-refractivity contribution in [2.75, 3.05) is 39.8 Å².